The molecule has 1 aliphatic rings. The van der Waals surface area contributed by atoms with Gasteiger partial charge >= 0.3 is 0 Å². The number of aromatic nitrogens is 1. The first-order valence-electron chi connectivity index (χ1n) is 5.76. The van der Waals surface area contributed by atoms with Crippen LogP contribution in [-0.4, -0.2) is 16.5 Å². The Hall–Kier alpha value is -1.84. The Morgan fingerprint density at radius 1 is 1.41 bits per heavy atom. The molecule has 3 rings (SSSR count). The Balaban J connectivity index is 1.83. The van der Waals surface area contributed by atoms with E-state index in [1.807, 2.05) is 12.3 Å². The maximum absolute atomic E-state index is 13.1. The summed E-state index contributed by atoms with van der Waals surface area (Å²) in [4.78, 5) is 11.7. The zero-order chi connectivity index (χ0) is 11.8. The summed E-state index contributed by atoms with van der Waals surface area (Å²) in [5.74, 6) is -0.283. The third-order valence-corrected chi connectivity index (χ3v) is 2.99. The highest BCUT2D eigenvalue weighted by atomic mass is 19.1. The van der Waals surface area contributed by atoms with Crippen LogP contribution in [0.3, 0.4) is 0 Å². The van der Waals surface area contributed by atoms with E-state index in [1.165, 1.54) is 12.1 Å². The summed E-state index contributed by atoms with van der Waals surface area (Å²) in [7, 11) is 0. The molecule has 4 heteroatoms. The molecule has 1 aliphatic carbocycles. The maximum atomic E-state index is 13.1. The van der Waals surface area contributed by atoms with Gasteiger partial charge in [-0.15, -0.1) is 0 Å². The Morgan fingerprint density at radius 2 is 2.24 bits per heavy atom. The van der Waals surface area contributed by atoms with Crippen LogP contribution in [0.2, 0.25) is 0 Å². The number of amides is 1. The van der Waals surface area contributed by atoms with Crippen molar-refractivity contribution >= 4 is 16.8 Å². The fraction of sp³-hybridized carbons (Fsp3) is 0.308. The molecule has 1 amide bonds. The molecule has 1 fully saturated rings. The van der Waals surface area contributed by atoms with E-state index in [0.717, 1.165) is 23.7 Å². The van der Waals surface area contributed by atoms with Crippen LogP contribution in [0.1, 0.15) is 12.8 Å². The summed E-state index contributed by atoms with van der Waals surface area (Å²) < 4.78 is 14.9. The van der Waals surface area contributed by atoms with Gasteiger partial charge in [-0.1, -0.05) is 0 Å². The molecule has 0 spiro atoms. The van der Waals surface area contributed by atoms with E-state index in [2.05, 4.69) is 5.32 Å². The standard InChI is InChI=1S/C13H13FN2O/c14-10-2-1-9-5-6-16(12(9)7-10)8-13(17)15-11-3-4-11/h1-2,5-7,11H,3-4,8H2,(H,15,17). The summed E-state index contributed by atoms with van der Waals surface area (Å²) >= 11 is 0. The van der Waals surface area contributed by atoms with Crippen molar-refractivity contribution in [3.63, 3.8) is 0 Å². The fourth-order valence-electron chi connectivity index (χ4n) is 1.95. The number of carbonyl (C=O) groups excluding carboxylic acids is 1. The van der Waals surface area contributed by atoms with Gasteiger partial charge in [0.05, 0.1) is 5.52 Å². The summed E-state index contributed by atoms with van der Waals surface area (Å²) in [5, 5.41) is 3.87. The first-order valence-corrected chi connectivity index (χ1v) is 5.76. The SMILES string of the molecule is O=C(Cn1ccc2ccc(F)cc21)NC1CC1. The molecule has 2 aromatic rings. The molecular weight excluding hydrogens is 219 g/mol. The van der Waals surface area contributed by atoms with Gasteiger partial charge in [-0.2, -0.15) is 0 Å². The summed E-state index contributed by atoms with van der Waals surface area (Å²) in [6, 6.07) is 6.86. The third kappa shape index (κ3) is 2.16. The number of fused-ring (bicyclic) bond motifs is 1. The smallest absolute Gasteiger partial charge is 0.240 e. The highest BCUT2D eigenvalue weighted by Gasteiger charge is 2.23. The van der Waals surface area contributed by atoms with Gasteiger partial charge in [-0.3, -0.25) is 4.79 Å². The van der Waals surface area contributed by atoms with E-state index >= 15 is 0 Å². The highest BCUT2D eigenvalue weighted by Crippen LogP contribution is 2.19. The predicted octanol–water partition coefficient (Wildman–Crippen LogP) is 2.06. The molecule has 3 nitrogen and oxygen atoms in total. The number of nitrogens with one attached hydrogen (secondary N) is 1. The highest BCUT2D eigenvalue weighted by molar-refractivity contribution is 5.83. The first kappa shape index (κ1) is 10.3. The molecule has 88 valence electrons. The second-order valence-electron chi connectivity index (χ2n) is 4.49. The average molecular weight is 232 g/mol. The van der Waals surface area contributed by atoms with Crippen molar-refractivity contribution < 1.29 is 9.18 Å². The van der Waals surface area contributed by atoms with Crippen LogP contribution in [0.4, 0.5) is 4.39 Å². The van der Waals surface area contributed by atoms with Gasteiger partial charge in [0, 0.05) is 12.2 Å². The van der Waals surface area contributed by atoms with Crippen LogP contribution < -0.4 is 5.32 Å². The molecule has 1 aromatic carbocycles. The zero-order valence-electron chi connectivity index (χ0n) is 9.32. The molecular formula is C13H13FN2O. The molecule has 17 heavy (non-hydrogen) atoms. The summed E-state index contributed by atoms with van der Waals surface area (Å²) in [6.07, 6.45) is 3.97. The molecule has 0 atom stereocenters. The molecule has 1 aromatic heterocycles. The van der Waals surface area contributed by atoms with Gasteiger partial charge in [0.2, 0.25) is 5.91 Å². The van der Waals surface area contributed by atoms with Crippen molar-refractivity contribution in [2.24, 2.45) is 0 Å². The lowest BCUT2D eigenvalue weighted by atomic mass is 10.2. The van der Waals surface area contributed by atoms with Gasteiger partial charge in [0.1, 0.15) is 12.4 Å². The number of carbonyl (C=O) groups is 1. The topological polar surface area (TPSA) is 34.0 Å². The van der Waals surface area contributed by atoms with Crippen molar-refractivity contribution in [2.45, 2.75) is 25.4 Å². The van der Waals surface area contributed by atoms with Crippen LogP contribution in [0.25, 0.3) is 10.9 Å². The van der Waals surface area contributed by atoms with Crippen molar-refractivity contribution in [2.75, 3.05) is 0 Å². The number of hydrogen-bond donors (Lipinski definition) is 1. The molecule has 0 saturated heterocycles. The number of halogens is 1. The van der Waals surface area contributed by atoms with E-state index in [9.17, 15) is 9.18 Å². The number of hydrogen-bond acceptors (Lipinski definition) is 1. The lowest BCUT2D eigenvalue weighted by Gasteiger charge is -2.06. The minimum absolute atomic E-state index is 0.00531. The quantitative estimate of drug-likeness (QED) is 0.863. The van der Waals surface area contributed by atoms with Crippen molar-refractivity contribution in [3.8, 4) is 0 Å². The third-order valence-electron chi connectivity index (χ3n) is 2.99. The van der Waals surface area contributed by atoms with Gasteiger partial charge in [0.25, 0.3) is 0 Å². The summed E-state index contributed by atoms with van der Waals surface area (Å²) in [6.45, 7) is 0.253. The first-order chi connectivity index (χ1) is 8.22. The van der Waals surface area contributed by atoms with E-state index in [-0.39, 0.29) is 18.3 Å². The van der Waals surface area contributed by atoms with Crippen LogP contribution in [0, 0.1) is 5.82 Å². The van der Waals surface area contributed by atoms with Crippen molar-refractivity contribution in [1.29, 1.82) is 0 Å². The van der Waals surface area contributed by atoms with Crippen LogP contribution >= 0.6 is 0 Å². The molecule has 0 aliphatic heterocycles. The Morgan fingerprint density at radius 3 is 3.00 bits per heavy atom. The Bertz CT molecular complexity index is 572. The summed E-state index contributed by atoms with van der Waals surface area (Å²) in [5.41, 5.74) is 0.760. The molecule has 0 radical (unpaired) electrons. The van der Waals surface area contributed by atoms with Gasteiger partial charge < -0.3 is 9.88 Å². The molecule has 1 N–H and O–H groups in total. The molecule has 1 saturated carbocycles. The van der Waals surface area contributed by atoms with Crippen molar-refractivity contribution in [1.82, 2.24) is 9.88 Å². The Kier molecular flexibility index (Phi) is 2.35. The van der Waals surface area contributed by atoms with E-state index in [1.54, 1.807) is 10.6 Å². The molecule has 0 unspecified atom stereocenters. The second kappa shape index (κ2) is 3.87. The van der Waals surface area contributed by atoms with Crippen LogP contribution in [-0.2, 0) is 11.3 Å². The second-order valence-corrected chi connectivity index (χ2v) is 4.49. The van der Waals surface area contributed by atoms with Gasteiger partial charge in [0.15, 0.2) is 0 Å². The lowest BCUT2D eigenvalue weighted by Crippen LogP contribution is -2.29. The number of benzene rings is 1. The van der Waals surface area contributed by atoms with Crippen LogP contribution in [0.5, 0.6) is 0 Å². The largest absolute Gasteiger partial charge is 0.352 e. The monoisotopic (exact) mass is 232 g/mol. The minimum atomic E-state index is -0.278. The van der Waals surface area contributed by atoms with Gasteiger partial charge in [-0.25, -0.2) is 4.39 Å². The molecule has 1 heterocycles. The normalized spacial score (nSPS) is 15.1. The Labute approximate surface area is 98.2 Å². The fourth-order valence-corrected chi connectivity index (χ4v) is 1.95. The average Bonchev–Trinajstić information content (AvgIpc) is 3.01. The number of rotatable bonds is 3. The van der Waals surface area contributed by atoms with Gasteiger partial charge in [-0.05, 0) is 42.5 Å². The van der Waals surface area contributed by atoms with Crippen LogP contribution in [0.15, 0.2) is 30.5 Å². The minimum Gasteiger partial charge on any atom is -0.352 e. The van der Waals surface area contributed by atoms with Crippen molar-refractivity contribution in [3.05, 3.63) is 36.3 Å². The zero-order valence-corrected chi connectivity index (χ0v) is 9.32. The van der Waals surface area contributed by atoms with E-state index in [4.69, 9.17) is 0 Å². The molecule has 0 bridgehead atoms. The maximum Gasteiger partial charge on any atom is 0.240 e. The van der Waals surface area contributed by atoms with E-state index < -0.39 is 0 Å². The lowest BCUT2D eigenvalue weighted by molar-refractivity contribution is -0.121. The van der Waals surface area contributed by atoms with E-state index in [0.29, 0.717) is 6.04 Å². The number of nitrogens with zero attached hydrogens (tertiary/aromatic N) is 1. The predicted molar refractivity (Wildman–Crippen MR) is 63.1 cm³/mol.